The van der Waals surface area contributed by atoms with E-state index in [1.807, 2.05) is 13.0 Å². The average Bonchev–Trinajstić information content (AvgIpc) is 4.05. The van der Waals surface area contributed by atoms with E-state index in [0.717, 1.165) is 0 Å². The lowest BCUT2D eigenvalue weighted by atomic mass is 9.88. The fourth-order valence-corrected chi connectivity index (χ4v) is 9.09. The minimum Gasteiger partial charge on any atom is -0.497 e. The number of alkyl carbamates (subject to hydrolysis) is 1. The molecule has 1 aromatic carbocycles. The van der Waals surface area contributed by atoms with Gasteiger partial charge >= 0.3 is 12.3 Å². The number of alkyl halides is 3. The number of sulfonamides is 1. The molecule has 3 heterocycles. The van der Waals surface area contributed by atoms with Crippen molar-refractivity contribution in [3.63, 3.8) is 0 Å². The maximum atomic E-state index is 14.8. The van der Waals surface area contributed by atoms with Gasteiger partial charge in [0.2, 0.25) is 33.3 Å². The number of fused-ring (bicyclic) bond motifs is 3. The molecule has 2 saturated carbocycles. The van der Waals surface area contributed by atoms with E-state index in [1.54, 1.807) is 31.2 Å². The summed E-state index contributed by atoms with van der Waals surface area (Å²) in [6.45, 7) is 9.86. The van der Waals surface area contributed by atoms with Crippen molar-refractivity contribution in [3.8, 4) is 17.4 Å². The standard InChI is InChI=1S/C41H52F3N5O10S/c1-8-57-31-21-45-34(28-14-13-26(56-7)18-29(28)31)58-27-19-30-33(50)47-40(36(52)48-60(54,55)39(6)15-16-39)20-25(40)12-10-9-11-23(2)17-24(3)32(35(51)49(30)22-27)46-37(53)59-38(4,5)41(42,43)44/h8,10,12-14,18,21,23-25,27,30,32H,1,9,11,15-17,19-20,22H2,2-7H3,(H,46,53)(H,47,50)(H,48,52). The number of nitrogens with one attached hydrogen (secondary N) is 3. The highest BCUT2D eigenvalue weighted by Gasteiger charge is 2.63. The molecule has 328 valence electrons. The second kappa shape index (κ2) is 16.4. The largest absolute Gasteiger partial charge is 0.497 e. The van der Waals surface area contributed by atoms with Crippen LogP contribution in [0.2, 0.25) is 0 Å². The van der Waals surface area contributed by atoms with Gasteiger partial charge in [0.1, 0.15) is 29.5 Å². The van der Waals surface area contributed by atoms with Crippen LogP contribution in [0.5, 0.6) is 17.4 Å². The number of halogens is 3. The van der Waals surface area contributed by atoms with Gasteiger partial charge in [0.05, 0.1) is 30.9 Å². The van der Waals surface area contributed by atoms with Crippen LogP contribution in [0.1, 0.15) is 79.6 Å². The van der Waals surface area contributed by atoms with Crippen molar-refractivity contribution in [2.24, 2.45) is 17.8 Å². The molecule has 7 atom stereocenters. The minimum atomic E-state index is -4.93. The Morgan fingerprint density at radius 3 is 2.48 bits per heavy atom. The molecule has 3 N–H and O–H groups in total. The van der Waals surface area contributed by atoms with Gasteiger partial charge < -0.3 is 34.5 Å². The topological polar surface area (TPSA) is 192 Å². The fraction of sp³-hybridized carbons (Fsp3) is 0.585. The van der Waals surface area contributed by atoms with Crippen LogP contribution >= 0.6 is 0 Å². The third kappa shape index (κ3) is 9.00. The van der Waals surface area contributed by atoms with Crippen LogP contribution in [-0.2, 0) is 29.1 Å². The summed E-state index contributed by atoms with van der Waals surface area (Å²) >= 11 is 0. The van der Waals surface area contributed by atoms with Crippen LogP contribution in [0.25, 0.3) is 10.8 Å². The van der Waals surface area contributed by atoms with Gasteiger partial charge in [-0.1, -0.05) is 32.6 Å². The zero-order chi connectivity index (χ0) is 44.0. The third-order valence-corrected chi connectivity index (χ3v) is 14.2. The number of aromatic nitrogens is 1. The second-order valence-corrected chi connectivity index (χ2v) is 19.3. The molecule has 3 fully saturated rings. The van der Waals surface area contributed by atoms with E-state index in [0.29, 0.717) is 68.2 Å². The Bertz CT molecular complexity index is 2180. The second-order valence-electron chi connectivity index (χ2n) is 17.1. The van der Waals surface area contributed by atoms with Gasteiger partial charge in [0.15, 0.2) is 5.75 Å². The molecule has 0 spiro atoms. The molecule has 4 aliphatic rings. The Morgan fingerprint density at radius 1 is 1.12 bits per heavy atom. The van der Waals surface area contributed by atoms with Crippen LogP contribution in [0.15, 0.2) is 49.4 Å². The molecular weight excluding hydrogens is 812 g/mol. The van der Waals surface area contributed by atoms with E-state index >= 15 is 0 Å². The molecule has 6 rings (SSSR count). The van der Waals surface area contributed by atoms with E-state index in [9.17, 15) is 40.8 Å². The van der Waals surface area contributed by atoms with E-state index in [2.05, 4.69) is 26.9 Å². The molecule has 2 aromatic rings. The molecule has 60 heavy (non-hydrogen) atoms. The molecule has 2 aliphatic carbocycles. The van der Waals surface area contributed by atoms with Crippen molar-refractivity contribution < 1.29 is 59.7 Å². The number of allylic oxidation sites excluding steroid dienone is 1. The van der Waals surface area contributed by atoms with E-state index in [-0.39, 0.29) is 31.2 Å². The van der Waals surface area contributed by atoms with Gasteiger partial charge in [0, 0.05) is 23.1 Å². The zero-order valence-electron chi connectivity index (χ0n) is 34.4. The maximum Gasteiger partial charge on any atom is 0.427 e. The number of amides is 4. The van der Waals surface area contributed by atoms with E-state index < -0.39 is 85.9 Å². The zero-order valence-corrected chi connectivity index (χ0v) is 35.2. The summed E-state index contributed by atoms with van der Waals surface area (Å²) in [7, 11) is -2.60. The SMILES string of the molecule is C=COc1cnc(OC2CC3C(=O)NC4(C(=O)NS(=O)(=O)C5(C)CC5)CC4C=CCCC(C)CC(C)C(NC(=O)OC(C)(C)C(F)(F)F)C(=O)N3C2)c2ccc(OC)cc12. The molecule has 7 unspecified atom stereocenters. The first-order chi connectivity index (χ1) is 28.0. The Labute approximate surface area is 346 Å². The van der Waals surface area contributed by atoms with E-state index in [4.69, 9.17) is 18.9 Å². The first-order valence-electron chi connectivity index (χ1n) is 19.9. The normalized spacial score (nSPS) is 28.2. The summed E-state index contributed by atoms with van der Waals surface area (Å²) in [4.78, 5) is 62.1. The highest BCUT2D eigenvalue weighted by Crippen LogP contribution is 2.48. The van der Waals surface area contributed by atoms with Crippen LogP contribution in [0.4, 0.5) is 18.0 Å². The smallest absolute Gasteiger partial charge is 0.427 e. The Morgan fingerprint density at radius 2 is 1.83 bits per heavy atom. The predicted octanol–water partition coefficient (Wildman–Crippen LogP) is 5.44. The lowest BCUT2D eigenvalue weighted by Gasteiger charge is -2.34. The number of hydrogen-bond donors (Lipinski definition) is 3. The van der Waals surface area contributed by atoms with Gasteiger partial charge in [-0.25, -0.2) is 18.2 Å². The molecular formula is C41H52F3N5O10S. The number of pyridine rings is 1. The van der Waals surface area contributed by atoms with Crippen LogP contribution in [0, 0.1) is 17.8 Å². The summed E-state index contributed by atoms with van der Waals surface area (Å²) in [5.41, 5.74) is -4.56. The lowest BCUT2D eigenvalue weighted by molar-refractivity contribution is -0.244. The summed E-state index contributed by atoms with van der Waals surface area (Å²) < 4.78 is 91.0. The van der Waals surface area contributed by atoms with Gasteiger partial charge in [-0.2, -0.15) is 13.2 Å². The van der Waals surface area contributed by atoms with Crippen LogP contribution < -0.4 is 29.6 Å². The Hall–Kier alpha value is -5.07. The first-order valence-corrected chi connectivity index (χ1v) is 21.4. The Kier molecular flexibility index (Phi) is 12.2. The molecule has 1 saturated heterocycles. The number of rotatable bonds is 10. The number of nitrogens with zero attached hydrogens (tertiary/aromatic N) is 2. The molecule has 0 radical (unpaired) electrons. The molecule has 4 amide bonds. The van der Waals surface area contributed by atoms with Gasteiger partial charge in [-0.15, -0.1) is 0 Å². The van der Waals surface area contributed by atoms with Gasteiger partial charge in [0.25, 0.3) is 5.91 Å². The number of ether oxygens (including phenoxy) is 4. The van der Waals surface area contributed by atoms with Crippen molar-refractivity contribution in [2.75, 3.05) is 13.7 Å². The van der Waals surface area contributed by atoms with Crippen LogP contribution in [-0.4, -0.2) is 96.0 Å². The highest BCUT2D eigenvalue weighted by atomic mass is 32.2. The monoisotopic (exact) mass is 863 g/mol. The maximum absolute atomic E-state index is 14.8. The number of methoxy groups -OCH3 is 1. The van der Waals surface area contributed by atoms with Gasteiger partial charge in [-0.3, -0.25) is 19.1 Å². The molecule has 2 aliphatic heterocycles. The lowest BCUT2D eigenvalue weighted by Crippen LogP contribution is -2.59. The van der Waals surface area contributed by atoms with Crippen molar-refractivity contribution in [1.82, 2.24) is 25.2 Å². The molecule has 1 aromatic heterocycles. The molecule has 15 nitrogen and oxygen atoms in total. The van der Waals surface area contributed by atoms with Crippen molar-refractivity contribution >= 4 is 44.6 Å². The quantitative estimate of drug-likeness (QED) is 0.204. The highest BCUT2D eigenvalue weighted by molar-refractivity contribution is 7.91. The van der Waals surface area contributed by atoms with Crippen LogP contribution in [0.3, 0.4) is 0 Å². The summed E-state index contributed by atoms with van der Waals surface area (Å²) in [6, 6.07) is 2.25. The van der Waals surface area contributed by atoms with E-state index in [1.165, 1.54) is 31.4 Å². The predicted molar refractivity (Wildman–Crippen MR) is 212 cm³/mol. The summed E-state index contributed by atoms with van der Waals surface area (Å²) in [5.74, 6) is -2.83. The number of carbonyl (C=O) groups excluding carboxylic acids is 4. The van der Waals surface area contributed by atoms with Crippen molar-refractivity contribution in [2.45, 2.75) is 120 Å². The number of benzene rings is 1. The number of carbonyl (C=O) groups is 4. The van der Waals surface area contributed by atoms with Crippen molar-refractivity contribution in [3.05, 3.63) is 49.4 Å². The van der Waals surface area contributed by atoms with Gasteiger partial charge in [-0.05, 0) is 89.3 Å². The third-order valence-electron chi connectivity index (χ3n) is 12.1. The number of hydrogen-bond acceptors (Lipinski definition) is 11. The molecule has 19 heteroatoms. The minimum absolute atomic E-state index is 0.0533. The fourth-order valence-electron chi connectivity index (χ4n) is 7.78. The first kappa shape index (κ1) is 44.5. The molecule has 0 bridgehead atoms. The summed E-state index contributed by atoms with van der Waals surface area (Å²) in [6.07, 6.45) is 1.08. The van der Waals surface area contributed by atoms with Crippen molar-refractivity contribution in [1.29, 1.82) is 0 Å². The average molecular weight is 864 g/mol. The summed E-state index contributed by atoms with van der Waals surface area (Å²) in [5, 5.41) is 6.20. The Balaban J connectivity index is 1.37.